The van der Waals surface area contributed by atoms with E-state index in [1.165, 1.54) is 12.1 Å². The Kier molecular flexibility index (Phi) is 4.36. The average Bonchev–Trinajstić information content (AvgIpc) is 2.69. The molecule has 112 valence electrons. The molecule has 2 rings (SSSR count). The van der Waals surface area contributed by atoms with Gasteiger partial charge in [0.05, 0.1) is 23.0 Å². The largest absolute Gasteiger partial charge is 0.494 e. The zero-order valence-corrected chi connectivity index (χ0v) is 12.7. The number of sulfonamides is 1. The van der Waals surface area contributed by atoms with E-state index in [0.29, 0.717) is 18.8 Å². The number of sulfone groups is 1. The van der Waals surface area contributed by atoms with Crippen LogP contribution in [0.4, 0.5) is 0 Å². The van der Waals surface area contributed by atoms with Crippen molar-refractivity contribution in [2.24, 2.45) is 0 Å². The molecule has 1 aliphatic rings. The van der Waals surface area contributed by atoms with Crippen LogP contribution in [-0.2, 0) is 19.9 Å². The smallest absolute Gasteiger partial charge is 0.240 e. The Morgan fingerprint density at radius 3 is 2.45 bits per heavy atom. The Balaban J connectivity index is 2.10. The van der Waals surface area contributed by atoms with E-state index in [1.807, 2.05) is 6.92 Å². The Morgan fingerprint density at radius 1 is 1.30 bits per heavy atom. The Bertz CT molecular complexity index is 664. The van der Waals surface area contributed by atoms with Crippen LogP contribution in [0.2, 0.25) is 0 Å². The minimum Gasteiger partial charge on any atom is -0.494 e. The molecule has 1 heterocycles. The van der Waals surface area contributed by atoms with Crippen molar-refractivity contribution in [1.29, 1.82) is 0 Å². The molecule has 1 atom stereocenters. The van der Waals surface area contributed by atoms with Crippen LogP contribution in [0.25, 0.3) is 0 Å². The quantitative estimate of drug-likeness (QED) is 0.856. The SMILES string of the molecule is CCOc1ccc(S(=O)(=O)N[C@@H]2CCS(=O)(=O)C2)cc1. The van der Waals surface area contributed by atoms with Crippen molar-refractivity contribution in [3.8, 4) is 5.75 Å². The fourth-order valence-corrected chi connectivity index (χ4v) is 5.11. The number of nitrogens with one attached hydrogen (secondary N) is 1. The van der Waals surface area contributed by atoms with Crippen LogP contribution in [-0.4, -0.2) is 41.0 Å². The lowest BCUT2D eigenvalue weighted by molar-refractivity contribution is 0.340. The standard InChI is InChI=1S/C12H17NO5S2/c1-2-18-11-3-5-12(6-4-11)20(16,17)13-10-7-8-19(14,15)9-10/h3-6,10,13H,2,7-9H2,1H3/t10-/m1/s1. The fraction of sp³-hybridized carbons (Fsp3) is 0.500. The predicted octanol–water partition coefficient (Wildman–Crippen LogP) is 0.551. The maximum absolute atomic E-state index is 12.1. The van der Waals surface area contributed by atoms with Crippen LogP contribution >= 0.6 is 0 Å². The third kappa shape index (κ3) is 3.71. The molecule has 0 spiro atoms. The Morgan fingerprint density at radius 2 is 1.95 bits per heavy atom. The molecule has 1 aliphatic heterocycles. The van der Waals surface area contributed by atoms with E-state index in [4.69, 9.17) is 4.74 Å². The third-order valence-electron chi connectivity index (χ3n) is 3.00. The van der Waals surface area contributed by atoms with Gasteiger partial charge in [0.25, 0.3) is 0 Å². The summed E-state index contributed by atoms with van der Waals surface area (Å²) < 4.78 is 54.6. The van der Waals surface area contributed by atoms with Crippen LogP contribution < -0.4 is 9.46 Å². The summed E-state index contributed by atoms with van der Waals surface area (Å²) in [7, 11) is -6.81. The molecule has 6 nitrogen and oxygen atoms in total. The molecule has 1 fully saturated rings. The van der Waals surface area contributed by atoms with E-state index in [0.717, 1.165) is 0 Å². The van der Waals surface area contributed by atoms with Crippen LogP contribution in [0.1, 0.15) is 13.3 Å². The van der Waals surface area contributed by atoms with Crippen molar-refractivity contribution >= 4 is 19.9 Å². The maximum atomic E-state index is 12.1. The summed E-state index contributed by atoms with van der Waals surface area (Å²) in [5.41, 5.74) is 0. The molecule has 0 aliphatic carbocycles. The maximum Gasteiger partial charge on any atom is 0.240 e. The van der Waals surface area contributed by atoms with Gasteiger partial charge in [-0.25, -0.2) is 21.6 Å². The second-order valence-electron chi connectivity index (χ2n) is 4.63. The lowest BCUT2D eigenvalue weighted by Gasteiger charge is -2.12. The Labute approximate surface area is 119 Å². The third-order valence-corrected chi connectivity index (χ3v) is 6.30. The van der Waals surface area contributed by atoms with E-state index in [-0.39, 0.29) is 16.4 Å². The molecule has 0 bridgehead atoms. The van der Waals surface area contributed by atoms with Crippen molar-refractivity contribution in [2.45, 2.75) is 24.3 Å². The Hall–Kier alpha value is -1.12. The summed E-state index contributed by atoms with van der Waals surface area (Å²) in [6, 6.07) is 5.48. The zero-order valence-electron chi connectivity index (χ0n) is 11.1. The summed E-state index contributed by atoms with van der Waals surface area (Å²) in [5.74, 6) is 0.488. The molecule has 0 aromatic heterocycles. The minimum atomic E-state index is -3.70. The van der Waals surface area contributed by atoms with Crippen molar-refractivity contribution < 1.29 is 21.6 Å². The summed E-state index contributed by atoms with van der Waals surface area (Å²) in [6.45, 7) is 2.34. The molecule has 1 aromatic carbocycles. The van der Waals surface area contributed by atoms with E-state index in [9.17, 15) is 16.8 Å². The molecule has 0 amide bonds. The van der Waals surface area contributed by atoms with E-state index in [1.54, 1.807) is 12.1 Å². The second kappa shape index (κ2) is 5.71. The zero-order chi connectivity index (χ0) is 14.8. The van der Waals surface area contributed by atoms with Gasteiger partial charge in [0.15, 0.2) is 9.84 Å². The van der Waals surface area contributed by atoms with Gasteiger partial charge in [-0.2, -0.15) is 0 Å². The molecule has 1 saturated heterocycles. The molecule has 0 unspecified atom stereocenters. The highest BCUT2D eigenvalue weighted by Crippen LogP contribution is 2.18. The summed E-state index contributed by atoms with van der Waals surface area (Å²) in [6.07, 6.45) is 0.318. The van der Waals surface area contributed by atoms with Crippen LogP contribution in [0.5, 0.6) is 5.75 Å². The molecule has 20 heavy (non-hydrogen) atoms. The summed E-state index contributed by atoms with van der Waals surface area (Å²) in [4.78, 5) is 0.102. The van der Waals surface area contributed by atoms with Gasteiger partial charge >= 0.3 is 0 Å². The average molecular weight is 319 g/mol. The minimum absolute atomic E-state index is 0.0312. The first kappa shape index (κ1) is 15.3. The molecule has 1 aromatic rings. The highest BCUT2D eigenvalue weighted by atomic mass is 32.2. The lowest BCUT2D eigenvalue weighted by Crippen LogP contribution is -2.35. The van der Waals surface area contributed by atoms with Gasteiger partial charge in [-0.05, 0) is 37.6 Å². The van der Waals surface area contributed by atoms with E-state index in [2.05, 4.69) is 4.72 Å². The highest BCUT2D eigenvalue weighted by molar-refractivity contribution is 7.92. The van der Waals surface area contributed by atoms with Crippen molar-refractivity contribution in [2.75, 3.05) is 18.1 Å². The van der Waals surface area contributed by atoms with Crippen molar-refractivity contribution in [3.05, 3.63) is 24.3 Å². The number of hydrogen-bond donors (Lipinski definition) is 1. The number of hydrogen-bond acceptors (Lipinski definition) is 5. The van der Waals surface area contributed by atoms with Gasteiger partial charge in [-0.3, -0.25) is 0 Å². The molecular formula is C12H17NO5S2. The first-order valence-corrected chi connectivity index (χ1v) is 9.58. The second-order valence-corrected chi connectivity index (χ2v) is 8.57. The van der Waals surface area contributed by atoms with Crippen LogP contribution in [0.15, 0.2) is 29.2 Å². The monoisotopic (exact) mass is 319 g/mol. The normalized spacial score (nSPS) is 21.8. The number of benzene rings is 1. The van der Waals surface area contributed by atoms with Gasteiger partial charge < -0.3 is 4.74 Å². The molecular weight excluding hydrogens is 302 g/mol. The predicted molar refractivity (Wildman–Crippen MR) is 75.0 cm³/mol. The topological polar surface area (TPSA) is 89.5 Å². The van der Waals surface area contributed by atoms with Crippen molar-refractivity contribution in [3.63, 3.8) is 0 Å². The van der Waals surface area contributed by atoms with E-state index >= 15 is 0 Å². The first-order chi connectivity index (χ1) is 9.32. The highest BCUT2D eigenvalue weighted by Gasteiger charge is 2.31. The number of rotatable bonds is 5. The fourth-order valence-electron chi connectivity index (χ4n) is 2.06. The van der Waals surface area contributed by atoms with Crippen LogP contribution in [0, 0.1) is 0 Å². The molecule has 1 N–H and O–H groups in total. The van der Waals surface area contributed by atoms with Gasteiger partial charge in [-0.15, -0.1) is 0 Å². The van der Waals surface area contributed by atoms with Crippen molar-refractivity contribution in [1.82, 2.24) is 4.72 Å². The lowest BCUT2D eigenvalue weighted by atomic mass is 10.3. The molecule has 0 saturated carbocycles. The molecule has 0 radical (unpaired) electrons. The van der Waals surface area contributed by atoms with E-state index < -0.39 is 25.9 Å². The summed E-state index contributed by atoms with van der Waals surface area (Å²) >= 11 is 0. The number of ether oxygens (including phenoxy) is 1. The first-order valence-electron chi connectivity index (χ1n) is 6.28. The van der Waals surface area contributed by atoms with Gasteiger partial charge in [0.2, 0.25) is 10.0 Å². The van der Waals surface area contributed by atoms with Gasteiger partial charge in [0.1, 0.15) is 5.75 Å². The van der Waals surface area contributed by atoms with Crippen LogP contribution in [0.3, 0.4) is 0 Å². The molecule has 8 heteroatoms. The van der Waals surface area contributed by atoms with Gasteiger partial charge in [-0.1, -0.05) is 0 Å². The van der Waals surface area contributed by atoms with Gasteiger partial charge in [0, 0.05) is 6.04 Å². The summed E-state index contributed by atoms with van der Waals surface area (Å²) in [5, 5.41) is 0.